The molecule has 3 rings (SSSR count). The second-order valence-electron chi connectivity index (χ2n) is 5.42. The van der Waals surface area contributed by atoms with Gasteiger partial charge in [0.1, 0.15) is 0 Å². The van der Waals surface area contributed by atoms with Gasteiger partial charge in [0.2, 0.25) is 11.8 Å². The quantitative estimate of drug-likeness (QED) is 0.804. The maximum Gasteiger partial charge on any atom is 0.232 e. The highest BCUT2D eigenvalue weighted by Crippen LogP contribution is 2.32. The van der Waals surface area contributed by atoms with Crippen LogP contribution in [0.2, 0.25) is 0 Å². The van der Waals surface area contributed by atoms with Gasteiger partial charge in [-0.15, -0.1) is 0 Å². The molecule has 98 valence electrons. The number of rotatable bonds is 2. The van der Waals surface area contributed by atoms with Gasteiger partial charge in [-0.05, 0) is 19.8 Å². The van der Waals surface area contributed by atoms with Crippen molar-refractivity contribution in [3.05, 3.63) is 11.7 Å². The van der Waals surface area contributed by atoms with Crippen molar-refractivity contribution in [3.63, 3.8) is 0 Å². The van der Waals surface area contributed by atoms with Crippen molar-refractivity contribution in [1.29, 1.82) is 0 Å². The number of aromatic nitrogens is 2. The molecular weight excluding hydrogens is 230 g/mol. The number of amides is 1. The molecule has 5 heteroatoms. The van der Waals surface area contributed by atoms with E-state index in [9.17, 15) is 4.79 Å². The Morgan fingerprint density at radius 3 is 2.72 bits per heavy atom. The lowest BCUT2D eigenvalue weighted by molar-refractivity contribution is -0.130. The molecule has 1 aromatic rings. The minimum atomic E-state index is 0.0978. The van der Waals surface area contributed by atoms with Gasteiger partial charge in [0.05, 0.1) is 5.92 Å². The topological polar surface area (TPSA) is 59.2 Å². The Morgan fingerprint density at radius 1 is 1.28 bits per heavy atom. The largest absolute Gasteiger partial charge is 0.339 e. The van der Waals surface area contributed by atoms with Crippen LogP contribution in [0.3, 0.4) is 0 Å². The van der Waals surface area contributed by atoms with Gasteiger partial charge in [-0.2, -0.15) is 4.98 Å². The Kier molecular flexibility index (Phi) is 3.06. The zero-order chi connectivity index (χ0) is 12.5. The average molecular weight is 249 g/mol. The highest BCUT2D eigenvalue weighted by atomic mass is 16.5. The molecule has 0 radical (unpaired) electrons. The fraction of sp³-hybridized carbons (Fsp3) is 0.769. The lowest BCUT2D eigenvalue weighted by Gasteiger charge is -2.31. The molecule has 1 atom stereocenters. The summed E-state index contributed by atoms with van der Waals surface area (Å²) in [5.74, 6) is 1.62. The van der Waals surface area contributed by atoms with Crippen LogP contribution < -0.4 is 0 Å². The average Bonchev–Trinajstić information content (AvgIpc) is 2.97. The molecule has 1 saturated heterocycles. The number of hydrogen-bond donors (Lipinski definition) is 0. The Morgan fingerprint density at radius 2 is 2.06 bits per heavy atom. The smallest absolute Gasteiger partial charge is 0.232 e. The molecule has 0 spiro atoms. The molecule has 18 heavy (non-hydrogen) atoms. The van der Waals surface area contributed by atoms with Crippen LogP contribution in [-0.2, 0) is 4.79 Å². The minimum absolute atomic E-state index is 0.0978. The minimum Gasteiger partial charge on any atom is -0.339 e. The van der Waals surface area contributed by atoms with Crippen LogP contribution in [0.15, 0.2) is 4.52 Å². The third kappa shape index (κ3) is 2.13. The van der Waals surface area contributed by atoms with Gasteiger partial charge in [-0.25, -0.2) is 0 Å². The van der Waals surface area contributed by atoms with E-state index >= 15 is 0 Å². The second-order valence-corrected chi connectivity index (χ2v) is 5.42. The summed E-state index contributed by atoms with van der Waals surface area (Å²) in [5, 5.41) is 3.81. The number of nitrogens with zero attached hydrogens (tertiary/aromatic N) is 3. The number of hydrogen-bond acceptors (Lipinski definition) is 4. The lowest BCUT2D eigenvalue weighted by atomic mass is 9.94. The molecule has 0 bridgehead atoms. The van der Waals surface area contributed by atoms with Crippen molar-refractivity contribution in [1.82, 2.24) is 15.0 Å². The summed E-state index contributed by atoms with van der Waals surface area (Å²) in [5.41, 5.74) is 0. The maximum absolute atomic E-state index is 12.1. The highest BCUT2D eigenvalue weighted by Gasteiger charge is 2.37. The van der Waals surface area contributed by atoms with E-state index in [-0.39, 0.29) is 11.8 Å². The van der Waals surface area contributed by atoms with E-state index in [0.717, 1.165) is 19.4 Å². The van der Waals surface area contributed by atoms with Gasteiger partial charge in [0, 0.05) is 19.0 Å². The van der Waals surface area contributed by atoms with E-state index in [1.807, 2.05) is 11.8 Å². The fourth-order valence-corrected chi connectivity index (χ4v) is 3.12. The van der Waals surface area contributed by atoms with Gasteiger partial charge in [-0.3, -0.25) is 4.79 Å². The van der Waals surface area contributed by atoms with E-state index in [1.54, 1.807) is 0 Å². The summed E-state index contributed by atoms with van der Waals surface area (Å²) in [6.45, 7) is 2.56. The van der Waals surface area contributed by atoms with Gasteiger partial charge < -0.3 is 9.42 Å². The Balaban J connectivity index is 1.69. The fourth-order valence-electron chi connectivity index (χ4n) is 3.12. The first-order valence-electron chi connectivity index (χ1n) is 6.83. The molecular formula is C13H19N3O2. The predicted octanol–water partition coefficient (Wildman–Crippen LogP) is 2.03. The highest BCUT2D eigenvalue weighted by molar-refractivity contribution is 5.79. The van der Waals surface area contributed by atoms with E-state index < -0.39 is 0 Å². The van der Waals surface area contributed by atoms with E-state index in [4.69, 9.17) is 4.52 Å². The van der Waals surface area contributed by atoms with Crippen LogP contribution in [0.5, 0.6) is 0 Å². The summed E-state index contributed by atoms with van der Waals surface area (Å²) in [6, 6.07) is 0.445. The summed E-state index contributed by atoms with van der Waals surface area (Å²) in [7, 11) is 0. The van der Waals surface area contributed by atoms with Crippen LogP contribution in [0.1, 0.15) is 56.2 Å². The van der Waals surface area contributed by atoms with Gasteiger partial charge in [0.15, 0.2) is 5.82 Å². The van der Waals surface area contributed by atoms with Gasteiger partial charge >= 0.3 is 0 Å². The summed E-state index contributed by atoms with van der Waals surface area (Å²) in [6.07, 6.45) is 6.64. The molecule has 2 aliphatic rings. The SMILES string of the molecule is Cc1noc(C2CC(=O)N(C3CCCCC3)C2)n1. The molecule has 2 heterocycles. The van der Waals surface area contributed by atoms with E-state index in [2.05, 4.69) is 10.1 Å². The number of carbonyl (C=O) groups is 1. The third-order valence-corrected chi connectivity index (χ3v) is 4.07. The summed E-state index contributed by atoms with van der Waals surface area (Å²) >= 11 is 0. The van der Waals surface area contributed by atoms with Gasteiger partial charge in [0.25, 0.3) is 0 Å². The number of carbonyl (C=O) groups excluding carboxylic acids is 1. The molecule has 1 unspecified atom stereocenters. The standard InChI is InChI=1S/C13H19N3O2/c1-9-14-13(18-15-9)10-7-12(17)16(8-10)11-5-3-2-4-6-11/h10-11H,2-8H2,1H3. The maximum atomic E-state index is 12.1. The first-order chi connectivity index (χ1) is 8.74. The monoisotopic (exact) mass is 249 g/mol. The second kappa shape index (κ2) is 4.71. The molecule has 5 nitrogen and oxygen atoms in total. The van der Waals surface area contributed by atoms with Crippen LogP contribution in [0.25, 0.3) is 0 Å². The molecule has 0 aromatic carbocycles. The van der Waals surface area contributed by atoms with Crippen molar-refractivity contribution < 1.29 is 9.32 Å². The Bertz CT molecular complexity index is 437. The van der Waals surface area contributed by atoms with Crippen molar-refractivity contribution in [3.8, 4) is 0 Å². The molecule has 1 amide bonds. The summed E-state index contributed by atoms with van der Waals surface area (Å²) < 4.78 is 5.19. The van der Waals surface area contributed by atoms with Crippen molar-refractivity contribution >= 4 is 5.91 Å². The molecule has 1 aromatic heterocycles. The molecule has 1 aliphatic heterocycles. The van der Waals surface area contributed by atoms with E-state index in [0.29, 0.717) is 24.2 Å². The van der Waals surface area contributed by atoms with Gasteiger partial charge in [-0.1, -0.05) is 24.4 Å². The molecule has 1 aliphatic carbocycles. The van der Waals surface area contributed by atoms with Crippen LogP contribution >= 0.6 is 0 Å². The number of aryl methyl sites for hydroxylation is 1. The van der Waals surface area contributed by atoms with Crippen molar-refractivity contribution in [2.24, 2.45) is 0 Å². The van der Waals surface area contributed by atoms with E-state index in [1.165, 1.54) is 19.3 Å². The zero-order valence-electron chi connectivity index (χ0n) is 10.8. The van der Waals surface area contributed by atoms with Crippen molar-refractivity contribution in [2.45, 2.75) is 57.4 Å². The summed E-state index contributed by atoms with van der Waals surface area (Å²) in [4.78, 5) is 18.4. The normalized spacial score (nSPS) is 25.9. The molecule has 1 saturated carbocycles. The molecule has 2 fully saturated rings. The van der Waals surface area contributed by atoms with Crippen LogP contribution in [0, 0.1) is 6.92 Å². The predicted molar refractivity (Wildman–Crippen MR) is 65.0 cm³/mol. The lowest BCUT2D eigenvalue weighted by Crippen LogP contribution is -2.37. The Hall–Kier alpha value is -1.39. The Labute approximate surface area is 107 Å². The van der Waals surface area contributed by atoms with Crippen LogP contribution in [0.4, 0.5) is 0 Å². The van der Waals surface area contributed by atoms with Crippen LogP contribution in [-0.4, -0.2) is 33.5 Å². The first-order valence-corrected chi connectivity index (χ1v) is 6.83. The zero-order valence-corrected chi connectivity index (χ0v) is 10.8. The molecule has 0 N–H and O–H groups in total. The van der Waals surface area contributed by atoms with Crippen molar-refractivity contribution in [2.75, 3.05) is 6.54 Å². The third-order valence-electron chi connectivity index (χ3n) is 4.07. The number of likely N-dealkylation sites (tertiary alicyclic amines) is 1. The first kappa shape index (κ1) is 11.7.